The molecule has 0 spiro atoms. The van der Waals surface area contributed by atoms with Crippen molar-refractivity contribution in [2.45, 2.75) is 4.58 Å². The van der Waals surface area contributed by atoms with Crippen LogP contribution in [0.15, 0.2) is 48.7 Å². The van der Waals surface area contributed by atoms with Crippen molar-refractivity contribution < 1.29 is 4.79 Å². The summed E-state index contributed by atoms with van der Waals surface area (Å²) in [6.45, 7) is 0. The Hall–Kier alpha value is -1.46. The third kappa shape index (κ3) is 3.16. The van der Waals surface area contributed by atoms with Crippen LogP contribution >= 0.6 is 23.5 Å². The second kappa shape index (κ2) is 6.33. The third-order valence-corrected chi connectivity index (χ3v) is 6.08. The predicted octanol–water partition coefficient (Wildman–Crippen LogP) is 3.81. The minimum Gasteiger partial charge on any atom is -0.307 e. The van der Waals surface area contributed by atoms with E-state index in [0.717, 1.165) is 0 Å². The van der Waals surface area contributed by atoms with Gasteiger partial charge in [-0.25, -0.2) is 4.98 Å². The summed E-state index contributed by atoms with van der Waals surface area (Å²) in [4.78, 5) is 16.2. The molecule has 3 nitrogen and oxygen atoms in total. The van der Waals surface area contributed by atoms with Gasteiger partial charge in [0.15, 0.2) is 0 Å². The Bertz CT molecular complexity index is 581. The van der Waals surface area contributed by atoms with Gasteiger partial charge in [0.1, 0.15) is 5.82 Å². The molecular formula is C15H14N2OS2. The van der Waals surface area contributed by atoms with Crippen LogP contribution < -0.4 is 5.32 Å². The Morgan fingerprint density at radius 2 is 1.85 bits per heavy atom. The molecule has 1 aliphatic heterocycles. The number of nitrogens with zero attached hydrogens (tertiary/aromatic N) is 1. The van der Waals surface area contributed by atoms with Gasteiger partial charge in [0, 0.05) is 23.3 Å². The molecule has 0 bridgehead atoms. The summed E-state index contributed by atoms with van der Waals surface area (Å²) >= 11 is 3.93. The maximum Gasteiger partial charge on any atom is 0.256 e. The highest BCUT2D eigenvalue weighted by atomic mass is 32.2. The summed E-state index contributed by atoms with van der Waals surface area (Å²) in [6.07, 6.45) is 1.66. The molecule has 5 heteroatoms. The number of hydrogen-bond donors (Lipinski definition) is 1. The van der Waals surface area contributed by atoms with Crippen molar-refractivity contribution in [3.8, 4) is 0 Å². The third-order valence-electron chi connectivity index (χ3n) is 2.97. The molecule has 0 saturated carbocycles. The van der Waals surface area contributed by atoms with Crippen molar-refractivity contribution in [2.24, 2.45) is 0 Å². The van der Waals surface area contributed by atoms with Crippen LogP contribution in [-0.2, 0) is 0 Å². The number of rotatable bonds is 3. The van der Waals surface area contributed by atoms with Gasteiger partial charge in [0.2, 0.25) is 0 Å². The van der Waals surface area contributed by atoms with Gasteiger partial charge in [-0.1, -0.05) is 18.2 Å². The molecule has 1 aromatic heterocycles. The lowest BCUT2D eigenvalue weighted by atomic mass is 10.1. The predicted molar refractivity (Wildman–Crippen MR) is 86.3 cm³/mol. The largest absolute Gasteiger partial charge is 0.307 e. The van der Waals surface area contributed by atoms with Crippen molar-refractivity contribution in [1.82, 2.24) is 4.98 Å². The molecule has 20 heavy (non-hydrogen) atoms. The normalized spacial score (nSPS) is 15.2. The van der Waals surface area contributed by atoms with E-state index < -0.39 is 0 Å². The lowest BCUT2D eigenvalue weighted by Gasteiger charge is -2.09. The number of carbonyl (C=O) groups is 1. The highest BCUT2D eigenvalue weighted by molar-refractivity contribution is 8.19. The molecule has 3 rings (SSSR count). The van der Waals surface area contributed by atoms with E-state index in [1.807, 2.05) is 59.9 Å². The Balaban J connectivity index is 1.69. The highest BCUT2D eigenvalue weighted by Gasteiger charge is 2.18. The zero-order valence-electron chi connectivity index (χ0n) is 10.8. The van der Waals surface area contributed by atoms with E-state index in [9.17, 15) is 4.79 Å². The average Bonchev–Trinajstić information content (AvgIpc) is 3.03. The summed E-state index contributed by atoms with van der Waals surface area (Å²) in [7, 11) is 0. The number of pyridine rings is 1. The van der Waals surface area contributed by atoms with E-state index in [-0.39, 0.29) is 5.91 Å². The van der Waals surface area contributed by atoms with Crippen LogP contribution in [0.2, 0.25) is 0 Å². The van der Waals surface area contributed by atoms with E-state index in [2.05, 4.69) is 10.3 Å². The molecule has 1 fully saturated rings. The SMILES string of the molecule is O=C(Nc1ccccn1)c1ccc(C2SCCS2)cc1. The van der Waals surface area contributed by atoms with Crippen LogP contribution in [0.3, 0.4) is 0 Å². The molecule has 0 aliphatic carbocycles. The van der Waals surface area contributed by atoms with Crippen molar-refractivity contribution in [3.05, 3.63) is 59.8 Å². The number of thioether (sulfide) groups is 2. The fourth-order valence-electron chi connectivity index (χ4n) is 1.97. The van der Waals surface area contributed by atoms with Crippen LogP contribution in [0.1, 0.15) is 20.5 Å². The Morgan fingerprint density at radius 1 is 1.10 bits per heavy atom. The first-order valence-corrected chi connectivity index (χ1v) is 8.48. The Kier molecular flexibility index (Phi) is 4.28. The molecule has 2 aromatic rings. The second-order valence-electron chi connectivity index (χ2n) is 4.36. The van der Waals surface area contributed by atoms with Crippen LogP contribution in [0.5, 0.6) is 0 Å². The molecule has 2 heterocycles. The molecule has 102 valence electrons. The standard InChI is InChI=1S/C15H14N2OS2/c18-14(17-13-3-1-2-8-16-13)11-4-6-12(7-5-11)15-19-9-10-20-15/h1-8,15H,9-10H2,(H,16,17,18). The lowest BCUT2D eigenvalue weighted by Crippen LogP contribution is -2.12. The minimum atomic E-state index is -0.123. The van der Waals surface area contributed by atoms with Gasteiger partial charge in [-0.05, 0) is 29.8 Å². The highest BCUT2D eigenvalue weighted by Crippen LogP contribution is 2.45. The van der Waals surface area contributed by atoms with Crippen LogP contribution in [0, 0.1) is 0 Å². The van der Waals surface area contributed by atoms with E-state index in [4.69, 9.17) is 0 Å². The van der Waals surface area contributed by atoms with Crippen molar-refractivity contribution in [3.63, 3.8) is 0 Å². The van der Waals surface area contributed by atoms with Crippen LogP contribution in [0.4, 0.5) is 5.82 Å². The van der Waals surface area contributed by atoms with Gasteiger partial charge in [-0.3, -0.25) is 4.79 Å². The van der Waals surface area contributed by atoms with Crippen molar-refractivity contribution in [1.29, 1.82) is 0 Å². The maximum absolute atomic E-state index is 12.1. The summed E-state index contributed by atoms with van der Waals surface area (Å²) in [6, 6.07) is 13.3. The van der Waals surface area contributed by atoms with Gasteiger partial charge < -0.3 is 5.32 Å². The first kappa shape index (κ1) is 13.5. The molecular weight excluding hydrogens is 288 g/mol. The van der Waals surface area contributed by atoms with Crippen molar-refractivity contribution in [2.75, 3.05) is 16.8 Å². The second-order valence-corrected chi connectivity index (χ2v) is 7.09. The van der Waals surface area contributed by atoms with Gasteiger partial charge in [0.05, 0.1) is 4.58 Å². The van der Waals surface area contributed by atoms with E-state index in [0.29, 0.717) is 16.0 Å². The number of benzene rings is 1. The smallest absolute Gasteiger partial charge is 0.256 e. The Morgan fingerprint density at radius 3 is 2.50 bits per heavy atom. The molecule has 1 aliphatic rings. The lowest BCUT2D eigenvalue weighted by molar-refractivity contribution is 0.102. The van der Waals surface area contributed by atoms with Gasteiger partial charge >= 0.3 is 0 Å². The molecule has 0 atom stereocenters. The molecule has 1 N–H and O–H groups in total. The first-order chi connectivity index (χ1) is 9.83. The van der Waals surface area contributed by atoms with Gasteiger partial charge in [-0.15, -0.1) is 23.5 Å². The monoisotopic (exact) mass is 302 g/mol. The van der Waals surface area contributed by atoms with Crippen LogP contribution in [0.25, 0.3) is 0 Å². The van der Waals surface area contributed by atoms with Gasteiger partial charge in [0.25, 0.3) is 5.91 Å². The molecule has 1 aromatic carbocycles. The van der Waals surface area contributed by atoms with E-state index >= 15 is 0 Å². The maximum atomic E-state index is 12.1. The van der Waals surface area contributed by atoms with Gasteiger partial charge in [-0.2, -0.15) is 0 Å². The summed E-state index contributed by atoms with van der Waals surface area (Å²) in [5.74, 6) is 2.86. The number of aromatic nitrogens is 1. The Labute approximate surface area is 126 Å². The van der Waals surface area contributed by atoms with Crippen LogP contribution in [-0.4, -0.2) is 22.4 Å². The number of nitrogens with one attached hydrogen (secondary N) is 1. The summed E-state index contributed by atoms with van der Waals surface area (Å²) in [5, 5.41) is 2.79. The quantitative estimate of drug-likeness (QED) is 0.936. The molecule has 1 amide bonds. The van der Waals surface area contributed by atoms with E-state index in [1.165, 1.54) is 17.1 Å². The summed E-state index contributed by atoms with van der Waals surface area (Å²) in [5.41, 5.74) is 1.94. The number of carbonyl (C=O) groups excluding carboxylic acids is 1. The van der Waals surface area contributed by atoms with E-state index in [1.54, 1.807) is 12.3 Å². The zero-order chi connectivity index (χ0) is 13.8. The van der Waals surface area contributed by atoms with Crippen molar-refractivity contribution >= 4 is 35.2 Å². The first-order valence-electron chi connectivity index (χ1n) is 6.38. The fourth-order valence-corrected chi connectivity index (χ4v) is 4.83. The number of anilines is 1. The topological polar surface area (TPSA) is 42.0 Å². The molecule has 0 unspecified atom stereocenters. The summed E-state index contributed by atoms with van der Waals surface area (Å²) < 4.78 is 0.517. The number of hydrogen-bond acceptors (Lipinski definition) is 4. The molecule has 0 radical (unpaired) electrons. The molecule has 1 saturated heterocycles. The number of amides is 1. The average molecular weight is 302 g/mol. The fraction of sp³-hybridized carbons (Fsp3) is 0.200. The zero-order valence-corrected chi connectivity index (χ0v) is 12.4. The minimum absolute atomic E-state index is 0.123.